The quantitative estimate of drug-likeness (QED) is 0.287. The van der Waals surface area contributed by atoms with Crippen molar-refractivity contribution >= 4 is 20.3 Å². The van der Waals surface area contributed by atoms with Crippen LogP contribution in [0.1, 0.15) is 66.7 Å². The molecule has 1 nitrogen and oxygen atoms in total. The van der Waals surface area contributed by atoms with Crippen LogP contribution in [0.5, 0.6) is 0 Å². The van der Waals surface area contributed by atoms with Gasteiger partial charge in [0.15, 0.2) is 0 Å². The molecule has 0 bridgehead atoms. The van der Waals surface area contributed by atoms with E-state index in [0.717, 1.165) is 20.2 Å². The summed E-state index contributed by atoms with van der Waals surface area (Å²) in [5.41, 5.74) is 5.58. The fraction of sp³-hybridized carbons (Fsp3) is 0.500. The summed E-state index contributed by atoms with van der Waals surface area (Å²) in [5.74, 6) is 0.550. The third-order valence-corrected chi connectivity index (χ3v) is 6.24. The van der Waals surface area contributed by atoms with Gasteiger partial charge in [0.25, 0.3) is 0 Å². The van der Waals surface area contributed by atoms with Crippen molar-refractivity contribution in [2.45, 2.75) is 64.7 Å². The first-order valence-corrected chi connectivity index (χ1v) is 12.2. The van der Waals surface area contributed by atoms with Gasteiger partial charge in [0.1, 0.15) is 0 Å². The van der Waals surface area contributed by atoms with E-state index in [1.807, 2.05) is 6.07 Å². The van der Waals surface area contributed by atoms with Gasteiger partial charge >= 0.3 is 0 Å². The summed E-state index contributed by atoms with van der Waals surface area (Å²) in [6, 6.07) is 15.4. The van der Waals surface area contributed by atoms with Crippen LogP contribution in [0.4, 0.5) is 0 Å². The maximum atomic E-state index is 6.28. The molecule has 0 spiro atoms. The van der Waals surface area contributed by atoms with Crippen LogP contribution in [0, 0.1) is 13.8 Å². The van der Waals surface area contributed by atoms with Crippen molar-refractivity contribution in [1.29, 1.82) is 0 Å². The van der Waals surface area contributed by atoms with E-state index in [1.165, 1.54) is 67.3 Å². The van der Waals surface area contributed by atoms with E-state index in [0.29, 0.717) is 5.92 Å². The molecule has 0 aliphatic heterocycles. The predicted molar refractivity (Wildman–Crippen MR) is 124 cm³/mol. The van der Waals surface area contributed by atoms with E-state index < -0.39 is 0 Å². The number of unbranched alkanes of at least 4 members (excludes halogenated alkanes) is 4. The maximum absolute atomic E-state index is 6.28. The minimum Gasteiger partial charge on any atom is -0.298 e. The van der Waals surface area contributed by atoms with Crippen molar-refractivity contribution in [2.75, 3.05) is 13.2 Å². The van der Waals surface area contributed by atoms with E-state index in [1.54, 1.807) is 0 Å². The van der Waals surface area contributed by atoms with Crippen molar-refractivity contribution in [3.8, 4) is 0 Å². The summed E-state index contributed by atoms with van der Waals surface area (Å²) in [5, 5.41) is 4.28. The number of hydrogen-bond donors (Lipinski definition) is 1. The largest absolute Gasteiger partial charge is 0.298 e. The number of halogens is 1. The van der Waals surface area contributed by atoms with Crippen LogP contribution in [0.3, 0.4) is 0 Å². The van der Waals surface area contributed by atoms with Crippen LogP contribution in [0.15, 0.2) is 42.5 Å². The van der Waals surface area contributed by atoms with Gasteiger partial charge in [0.2, 0.25) is 0 Å². The van der Waals surface area contributed by atoms with Crippen molar-refractivity contribution < 1.29 is 0 Å². The van der Waals surface area contributed by atoms with E-state index in [2.05, 4.69) is 62.0 Å². The van der Waals surface area contributed by atoms with Gasteiger partial charge in [-0.15, -0.1) is 0 Å². The fourth-order valence-corrected chi connectivity index (χ4v) is 4.25. The molecule has 2 atom stereocenters. The van der Waals surface area contributed by atoms with Crippen LogP contribution in [-0.2, 0) is 6.42 Å². The molecule has 1 N–H and O–H groups in total. The Kier molecular flexibility index (Phi) is 10.4. The Morgan fingerprint density at radius 3 is 2.44 bits per heavy atom. The molecule has 2 unspecified atom stereocenters. The highest BCUT2D eigenvalue weighted by Crippen LogP contribution is 2.29. The first kappa shape index (κ1) is 22.4. The molecule has 148 valence electrons. The van der Waals surface area contributed by atoms with Crippen molar-refractivity contribution in [3.05, 3.63) is 69.7 Å². The summed E-state index contributed by atoms with van der Waals surface area (Å²) >= 11 is 6.28. The Morgan fingerprint density at radius 2 is 1.70 bits per heavy atom. The maximum Gasteiger partial charge on any atom is 0.0408 e. The van der Waals surface area contributed by atoms with Crippen LogP contribution < -0.4 is 5.09 Å². The second-order valence-electron chi connectivity index (χ2n) is 7.61. The van der Waals surface area contributed by atoms with Gasteiger partial charge in [0, 0.05) is 5.02 Å². The lowest BCUT2D eigenvalue weighted by atomic mass is 9.87. The van der Waals surface area contributed by atoms with Crippen LogP contribution in [0.25, 0.3) is 0 Å². The zero-order valence-electron chi connectivity index (χ0n) is 17.2. The summed E-state index contributed by atoms with van der Waals surface area (Å²) in [7, 11) is 0.873. The predicted octanol–water partition coefficient (Wildman–Crippen LogP) is 7.44. The fourth-order valence-electron chi connectivity index (χ4n) is 3.62. The zero-order valence-corrected chi connectivity index (χ0v) is 18.9. The van der Waals surface area contributed by atoms with Gasteiger partial charge in [-0.1, -0.05) is 76.3 Å². The summed E-state index contributed by atoms with van der Waals surface area (Å²) < 4.78 is 0. The number of nitrogens with one attached hydrogen (secondary N) is 1. The number of benzene rings is 2. The van der Waals surface area contributed by atoms with E-state index >= 15 is 0 Å². The van der Waals surface area contributed by atoms with E-state index in [9.17, 15) is 0 Å². The van der Waals surface area contributed by atoms with Crippen molar-refractivity contribution in [2.24, 2.45) is 0 Å². The van der Waals surface area contributed by atoms with E-state index in [-0.39, 0.29) is 0 Å². The Morgan fingerprint density at radius 1 is 0.926 bits per heavy atom. The van der Waals surface area contributed by atoms with Gasteiger partial charge in [-0.25, -0.2) is 0 Å². The Hall–Kier alpha value is -0.880. The highest BCUT2D eigenvalue weighted by atomic mass is 35.5. The normalized spacial score (nSPS) is 12.7. The molecule has 0 saturated heterocycles. The zero-order chi connectivity index (χ0) is 19.5. The first-order chi connectivity index (χ1) is 13.1. The monoisotopic (exact) mass is 403 g/mol. The molecule has 2 rings (SSSR count). The molecule has 0 aliphatic carbocycles. The number of hydrogen-bond acceptors (Lipinski definition) is 1. The van der Waals surface area contributed by atoms with Gasteiger partial charge < -0.3 is 0 Å². The molecule has 3 heteroatoms. The lowest BCUT2D eigenvalue weighted by Gasteiger charge is -2.19. The summed E-state index contributed by atoms with van der Waals surface area (Å²) in [4.78, 5) is 0. The number of rotatable bonds is 12. The molecule has 2 aromatic carbocycles. The lowest BCUT2D eigenvalue weighted by Crippen LogP contribution is -2.04. The van der Waals surface area contributed by atoms with Gasteiger partial charge in [-0.2, -0.15) is 0 Å². The molecule has 0 heterocycles. The van der Waals surface area contributed by atoms with Crippen molar-refractivity contribution in [1.82, 2.24) is 5.09 Å². The highest BCUT2D eigenvalue weighted by molar-refractivity contribution is 7.34. The second kappa shape index (κ2) is 12.6. The average molecular weight is 404 g/mol. The molecule has 0 radical (unpaired) electrons. The molecule has 2 aromatic rings. The minimum atomic E-state index is 0.550. The third-order valence-electron chi connectivity index (χ3n) is 5.40. The minimum absolute atomic E-state index is 0.550. The smallest absolute Gasteiger partial charge is 0.0408 e. The Labute approximate surface area is 173 Å². The molecule has 0 fully saturated rings. The Balaban J connectivity index is 1.91. The Bertz CT molecular complexity index is 686. The first-order valence-electron chi connectivity index (χ1n) is 10.3. The molecule has 0 saturated carbocycles. The second-order valence-corrected chi connectivity index (χ2v) is 8.90. The molecular formula is C24H35ClNP. The van der Waals surface area contributed by atoms with Gasteiger partial charge in [-0.3, -0.25) is 5.09 Å². The lowest BCUT2D eigenvalue weighted by molar-refractivity contribution is 0.537. The summed E-state index contributed by atoms with van der Waals surface area (Å²) in [6.45, 7) is 7.77. The molecule has 0 aliphatic rings. The van der Waals surface area contributed by atoms with Crippen LogP contribution >= 0.6 is 20.3 Å². The number of aryl methyl sites for hydroxylation is 2. The van der Waals surface area contributed by atoms with Crippen molar-refractivity contribution in [3.63, 3.8) is 0 Å². The third kappa shape index (κ3) is 8.34. The molecule has 0 aromatic heterocycles. The molecular weight excluding hydrogens is 369 g/mol. The summed E-state index contributed by atoms with van der Waals surface area (Å²) in [6.07, 6.45) is 8.96. The highest BCUT2D eigenvalue weighted by Gasteiger charge is 2.13. The van der Waals surface area contributed by atoms with Crippen LogP contribution in [-0.4, -0.2) is 13.2 Å². The average Bonchev–Trinajstić information content (AvgIpc) is 2.66. The van der Waals surface area contributed by atoms with Gasteiger partial charge in [-0.05, 0) is 86.6 Å². The van der Waals surface area contributed by atoms with Crippen LogP contribution in [0.2, 0.25) is 5.02 Å². The molecule has 27 heavy (non-hydrogen) atoms. The topological polar surface area (TPSA) is 12.0 Å². The van der Waals surface area contributed by atoms with Gasteiger partial charge in [0.05, 0.1) is 0 Å². The standard InChI is InChI=1S/C24H35ClNP/c1-19-13-14-21(16-20(19)2)17-22(23-11-9-12-24(25)18-23)10-7-5-4-6-8-15-26-27-3/h9,11-14,16,18,22,26-27H,4-8,10,15,17H2,1-3H3. The van der Waals surface area contributed by atoms with E-state index in [4.69, 9.17) is 11.6 Å². The molecule has 0 amide bonds. The SMILES string of the molecule is CPNCCCCCCCC(Cc1ccc(C)c(C)c1)c1cccc(Cl)c1.